The van der Waals surface area contributed by atoms with Crippen LogP contribution in [0.5, 0.6) is 0 Å². The van der Waals surface area contributed by atoms with E-state index in [2.05, 4.69) is 15.3 Å². The molecule has 17 heavy (non-hydrogen) atoms. The number of benzene rings is 1. The fourth-order valence-electron chi connectivity index (χ4n) is 1.24. The minimum atomic E-state index is -0.808. The van der Waals surface area contributed by atoms with Crippen molar-refractivity contribution in [3.05, 3.63) is 54.0 Å². The number of nitrogens with one attached hydrogen (secondary N) is 1. The average Bonchev–Trinajstić information content (AvgIpc) is 2.29. The molecule has 0 saturated heterocycles. The monoisotopic (exact) mass is 235 g/mol. The molecule has 0 fully saturated rings. The second-order valence-electron chi connectivity index (χ2n) is 3.21. The summed E-state index contributed by atoms with van der Waals surface area (Å²) < 4.78 is 25.8. The third-order valence-corrected chi connectivity index (χ3v) is 1.95. The van der Waals surface area contributed by atoms with Gasteiger partial charge in [-0.15, -0.1) is 0 Å². The summed E-state index contributed by atoms with van der Waals surface area (Å²) >= 11 is 0. The van der Waals surface area contributed by atoms with Crippen LogP contribution in [0.4, 0.5) is 14.6 Å². The Morgan fingerprint density at radius 3 is 2.47 bits per heavy atom. The number of carbonyl (C=O) groups is 1. The van der Waals surface area contributed by atoms with Crippen molar-refractivity contribution >= 4 is 11.7 Å². The third-order valence-electron chi connectivity index (χ3n) is 1.95. The first-order valence-corrected chi connectivity index (χ1v) is 4.68. The molecule has 1 aromatic carbocycles. The van der Waals surface area contributed by atoms with Gasteiger partial charge in [-0.05, 0) is 18.2 Å². The molecule has 0 unspecified atom stereocenters. The van der Waals surface area contributed by atoms with Crippen LogP contribution in [0.2, 0.25) is 0 Å². The molecule has 0 aliphatic carbocycles. The summed E-state index contributed by atoms with van der Waals surface area (Å²) in [5, 5.41) is 2.39. The van der Waals surface area contributed by atoms with E-state index >= 15 is 0 Å². The molecule has 1 heterocycles. The highest BCUT2D eigenvalue weighted by atomic mass is 19.1. The number of anilines is 1. The molecule has 0 saturated carbocycles. The minimum absolute atomic E-state index is 0.110. The summed E-state index contributed by atoms with van der Waals surface area (Å²) in [6.45, 7) is 0. The van der Waals surface area contributed by atoms with E-state index < -0.39 is 17.5 Å². The Kier molecular flexibility index (Phi) is 3.04. The van der Waals surface area contributed by atoms with Gasteiger partial charge in [0.15, 0.2) is 0 Å². The van der Waals surface area contributed by atoms with Crippen molar-refractivity contribution in [2.45, 2.75) is 0 Å². The largest absolute Gasteiger partial charge is 0.306 e. The number of amides is 1. The normalized spacial score (nSPS) is 10.0. The lowest BCUT2D eigenvalue weighted by Gasteiger charge is -2.03. The lowest BCUT2D eigenvalue weighted by Crippen LogP contribution is -2.13. The summed E-state index contributed by atoms with van der Waals surface area (Å²) in [5.74, 6) is -1.99. The number of rotatable bonds is 2. The molecule has 0 aliphatic rings. The van der Waals surface area contributed by atoms with Crippen LogP contribution in [0.25, 0.3) is 0 Å². The Bertz CT molecular complexity index is 525. The van der Waals surface area contributed by atoms with Gasteiger partial charge >= 0.3 is 0 Å². The van der Waals surface area contributed by atoms with Crippen LogP contribution in [-0.4, -0.2) is 15.9 Å². The van der Waals surface area contributed by atoms with Gasteiger partial charge in [-0.3, -0.25) is 4.79 Å². The summed E-state index contributed by atoms with van der Waals surface area (Å²) in [6.07, 6.45) is 2.69. The van der Waals surface area contributed by atoms with E-state index in [4.69, 9.17) is 0 Å². The first kappa shape index (κ1) is 11.1. The zero-order valence-corrected chi connectivity index (χ0v) is 8.52. The van der Waals surface area contributed by atoms with E-state index in [1.807, 2.05) is 0 Å². The number of halogens is 2. The molecule has 2 rings (SSSR count). The summed E-state index contributed by atoms with van der Waals surface area (Å²) in [6, 6.07) is 4.05. The molecule has 0 atom stereocenters. The van der Waals surface area contributed by atoms with Crippen molar-refractivity contribution in [1.82, 2.24) is 9.97 Å². The fourth-order valence-corrected chi connectivity index (χ4v) is 1.24. The predicted molar refractivity (Wildman–Crippen MR) is 56.3 cm³/mol. The summed E-state index contributed by atoms with van der Waals surface area (Å²) in [7, 11) is 0. The molecule has 1 aromatic heterocycles. The minimum Gasteiger partial charge on any atom is -0.306 e. The lowest BCUT2D eigenvalue weighted by atomic mass is 10.2. The van der Waals surface area contributed by atoms with Gasteiger partial charge in [0.2, 0.25) is 0 Å². The molecule has 6 heteroatoms. The Labute approximate surface area is 95.3 Å². The standard InChI is InChI=1S/C11H7F2N3O/c12-8-3-7(4-9(13)5-8)11(17)16-10-1-2-14-6-15-10/h1-6H,(H,14,15,16,17). The Hall–Kier alpha value is -2.37. The number of hydrogen-bond donors (Lipinski definition) is 1. The molecular formula is C11H7F2N3O. The van der Waals surface area contributed by atoms with Gasteiger partial charge in [-0.25, -0.2) is 18.7 Å². The zero-order chi connectivity index (χ0) is 12.3. The van der Waals surface area contributed by atoms with Crippen LogP contribution in [0, 0.1) is 11.6 Å². The Morgan fingerprint density at radius 1 is 1.18 bits per heavy atom. The van der Waals surface area contributed by atoms with Crippen molar-refractivity contribution in [2.24, 2.45) is 0 Å². The number of carbonyl (C=O) groups excluding carboxylic acids is 1. The maximum Gasteiger partial charge on any atom is 0.257 e. The first-order valence-electron chi connectivity index (χ1n) is 4.68. The SMILES string of the molecule is O=C(Nc1ccncn1)c1cc(F)cc(F)c1. The maximum atomic E-state index is 12.9. The van der Waals surface area contributed by atoms with E-state index in [0.717, 1.165) is 12.1 Å². The van der Waals surface area contributed by atoms with Gasteiger partial charge in [-0.1, -0.05) is 0 Å². The van der Waals surface area contributed by atoms with Crippen molar-refractivity contribution < 1.29 is 13.6 Å². The molecular weight excluding hydrogens is 228 g/mol. The number of nitrogens with zero attached hydrogens (tertiary/aromatic N) is 2. The lowest BCUT2D eigenvalue weighted by molar-refractivity contribution is 0.102. The molecule has 86 valence electrons. The zero-order valence-electron chi connectivity index (χ0n) is 8.52. The van der Waals surface area contributed by atoms with Crippen molar-refractivity contribution in [2.75, 3.05) is 5.32 Å². The van der Waals surface area contributed by atoms with Gasteiger partial charge in [0.1, 0.15) is 23.8 Å². The first-order chi connectivity index (χ1) is 8.15. The molecule has 0 aliphatic heterocycles. The molecule has 1 N–H and O–H groups in total. The topological polar surface area (TPSA) is 54.9 Å². The van der Waals surface area contributed by atoms with Gasteiger partial charge in [0.05, 0.1) is 0 Å². The van der Waals surface area contributed by atoms with Gasteiger partial charge < -0.3 is 5.32 Å². The highest BCUT2D eigenvalue weighted by molar-refractivity contribution is 6.03. The number of aromatic nitrogens is 2. The van der Waals surface area contributed by atoms with E-state index in [1.165, 1.54) is 18.6 Å². The van der Waals surface area contributed by atoms with Crippen molar-refractivity contribution in [3.8, 4) is 0 Å². The molecule has 0 radical (unpaired) electrons. The van der Waals surface area contributed by atoms with Crippen LogP contribution >= 0.6 is 0 Å². The van der Waals surface area contributed by atoms with Crippen LogP contribution in [0.1, 0.15) is 10.4 Å². The highest BCUT2D eigenvalue weighted by Crippen LogP contribution is 2.10. The van der Waals surface area contributed by atoms with Crippen LogP contribution in [0.15, 0.2) is 36.8 Å². The van der Waals surface area contributed by atoms with E-state index in [1.54, 1.807) is 0 Å². The Balaban J connectivity index is 2.20. The average molecular weight is 235 g/mol. The van der Waals surface area contributed by atoms with Crippen LogP contribution in [-0.2, 0) is 0 Å². The van der Waals surface area contributed by atoms with Crippen LogP contribution in [0.3, 0.4) is 0 Å². The van der Waals surface area contributed by atoms with Crippen molar-refractivity contribution in [3.63, 3.8) is 0 Å². The molecule has 1 amide bonds. The van der Waals surface area contributed by atoms with E-state index in [-0.39, 0.29) is 11.4 Å². The maximum absolute atomic E-state index is 12.9. The molecule has 0 spiro atoms. The molecule has 0 bridgehead atoms. The summed E-state index contributed by atoms with van der Waals surface area (Å²) in [4.78, 5) is 19.0. The van der Waals surface area contributed by atoms with E-state index in [0.29, 0.717) is 6.07 Å². The Morgan fingerprint density at radius 2 is 1.88 bits per heavy atom. The van der Waals surface area contributed by atoms with Crippen molar-refractivity contribution in [1.29, 1.82) is 0 Å². The smallest absolute Gasteiger partial charge is 0.257 e. The fraction of sp³-hybridized carbons (Fsp3) is 0. The van der Waals surface area contributed by atoms with E-state index in [9.17, 15) is 13.6 Å². The molecule has 2 aromatic rings. The molecule has 4 nitrogen and oxygen atoms in total. The second kappa shape index (κ2) is 4.65. The third kappa shape index (κ3) is 2.81. The van der Waals surface area contributed by atoms with Gasteiger partial charge in [0, 0.05) is 17.8 Å². The number of hydrogen-bond acceptors (Lipinski definition) is 3. The van der Waals surface area contributed by atoms with Gasteiger partial charge in [0.25, 0.3) is 5.91 Å². The highest BCUT2D eigenvalue weighted by Gasteiger charge is 2.09. The van der Waals surface area contributed by atoms with Crippen LogP contribution < -0.4 is 5.32 Å². The van der Waals surface area contributed by atoms with Gasteiger partial charge in [-0.2, -0.15) is 0 Å². The predicted octanol–water partition coefficient (Wildman–Crippen LogP) is 2.01. The quantitative estimate of drug-likeness (QED) is 0.866. The summed E-state index contributed by atoms with van der Waals surface area (Å²) in [5.41, 5.74) is -0.110. The second-order valence-corrected chi connectivity index (χ2v) is 3.21.